The SMILES string of the molecule is Cc1ccc(N2C(=O)c3ccc(Cc4ccc5c(c4)C(=O)N(C)C5=O)cc3C2=O)cc1. The Hall–Kier alpha value is -4.06. The first-order chi connectivity index (χ1) is 14.8. The van der Waals surface area contributed by atoms with Crippen molar-refractivity contribution in [1.82, 2.24) is 4.90 Å². The fraction of sp³-hybridized carbons (Fsp3) is 0.120. The molecule has 0 aliphatic carbocycles. The van der Waals surface area contributed by atoms with Crippen LogP contribution in [0.25, 0.3) is 0 Å². The molecule has 0 bridgehead atoms. The van der Waals surface area contributed by atoms with Gasteiger partial charge >= 0.3 is 0 Å². The van der Waals surface area contributed by atoms with Crippen LogP contribution in [0.1, 0.15) is 58.1 Å². The molecule has 0 radical (unpaired) electrons. The van der Waals surface area contributed by atoms with Gasteiger partial charge in [-0.1, -0.05) is 29.8 Å². The van der Waals surface area contributed by atoms with Crippen molar-refractivity contribution in [2.75, 3.05) is 11.9 Å². The van der Waals surface area contributed by atoms with Crippen LogP contribution in [0, 0.1) is 6.92 Å². The third kappa shape index (κ3) is 2.87. The summed E-state index contributed by atoms with van der Waals surface area (Å²) in [6, 6.07) is 17.7. The van der Waals surface area contributed by atoms with Gasteiger partial charge in [0.25, 0.3) is 23.6 Å². The van der Waals surface area contributed by atoms with Crippen molar-refractivity contribution in [2.45, 2.75) is 13.3 Å². The second kappa shape index (κ2) is 6.74. The van der Waals surface area contributed by atoms with E-state index in [-0.39, 0.29) is 23.6 Å². The number of amides is 4. The minimum Gasteiger partial charge on any atom is -0.277 e. The van der Waals surface area contributed by atoms with E-state index in [0.29, 0.717) is 34.4 Å². The van der Waals surface area contributed by atoms with E-state index in [0.717, 1.165) is 21.6 Å². The summed E-state index contributed by atoms with van der Waals surface area (Å²) in [4.78, 5) is 52.4. The Bertz CT molecular complexity index is 1310. The molecule has 6 nitrogen and oxygen atoms in total. The van der Waals surface area contributed by atoms with E-state index >= 15 is 0 Å². The Labute approximate surface area is 178 Å². The highest BCUT2D eigenvalue weighted by molar-refractivity contribution is 6.34. The highest BCUT2D eigenvalue weighted by atomic mass is 16.2. The molecule has 0 atom stereocenters. The van der Waals surface area contributed by atoms with Gasteiger partial charge in [-0.05, 0) is 60.9 Å². The molecule has 2 aliphatic rings. The standard InChI is InChI=1S/C25H18N2O4/c1-14-3-7-17(8-4-14)27-24(30)19-10-6-16(13-21(19)25(27)31)11-15-5-9-18-20(12-15)23(29)26(2)22(18)28/h3-10,12-13H,11H2,1-2H3. The maximum absolute atomic E-state index is 13.0. The van der Waals surface area contributed by atoms with Crippen molar-refractivity contribution >= 4 is 29.3 Å². The van der Waals surface area contributed by atoms with Crippen LogP contribution in [0.15, 0.2) is 60.7 Å². The lowest BCUT2D eigenvalue weighted by Gasteiger charge is -2.13. The van der Waals surface area contributed by atoms with Gasteiger partial charge in [0.2, 0.25) is 0 Å². The Morgan fingerprint density at radius 2 is 1.10 bits per heavy atom. The molecule has 152 valence electrons. The Morgan fingerprint density at radius 1 is 0.613 bits per heavy atom. The van der Waals surface area contributed by atoms with Gasteiger partial charge in [-0.25, -0.2) is 4.90 Å². The number of aryl methyl sites for hydroxylation is 1. The van der Waals surface area contributed by atoms with Gasteiger partial charge in [0.05, 0.1) is 27.9 Å². The molecule has 0 unspecified atom stereocenters. The van der Waals surface area contributed by atoms with Gasteiger partial charge in [-0.15, -0.1) is 0 Å². The minimum atomic E-state index is -0.345. The van der Waals surface area contributed by atoms with E-state index in [9.17, 15) is 19.2 Å². The average Bonchev–Trinajstić information content (AvgIpc) is 3.14. The zero-order chi connectivity index (χ0) is 21.9. The van der Waals surface area contributed by atoms with E-state index in [2.05, 4.69) is 0 Å². The number of carbonyl (C=O) groups excluding carboxylic acids is 4. The maximum atomic E-state index is 13.0. The Balaban J connectivity index is 1.45. The Morgan fingerprint density at radius 3 is 1.71 bits per heavy atom. The smallest absolute Gasteiger partial charge is 0.266 e. The number of carbonyl (C=O) groups is 4. The molecular weight excluding hydrogens is 392 g/mol. The van der Waals surface area contributed by atoms with Crippen LogP contribution >= 0.6 is 0 Å². The number of hydrogen-bond donors (Lipinski definition) is 0. The predicted molar refractivity (Wildman–Crippen MR) is 114 cm³/mol. The van der Waals surface area contributed by atoms with Gasteiger partial charge in [0.1, 0.15) is 0 Å². The fourth-order valence-corrected chi connectivity index (χ4v) is 4.08. The summed E-state index contributed by atoms with van der Waals surface area (Å²) in [5.41, 5.74) is 4.83. The Kier molecular flexibility index (Phi) is 4.12. The lowest BCUT2D eigenvalue weighted by atomic mass is 9.98. The second-order valence-electron chi connectivity index (χ2n) is 7.89. The van der Waals surface area contributed by atoms with E-state index in [1.165, 1.54) is 11.9 Å². The van der Waals surface area contributed by atoms with E-state index < -0.39 is 0 Å². The molecule has 2 heterocycles. The average molecular weight is 410 g/mol. The van der Waals surface area contributed by atoms with Crippen LogP contribution in [0.3, 0.4) is 0 Å². The number of imide groups is 2. The molecule has 6 heteroatoms. The third-order valence-corrected chi connectivity index (χ3v) is 5.81. The molecule has 0 spiro atoms. The zero-order valence-electron chi connectivity index (χ0n) is 17.0. The largest absolute Gasteiger partial charge is 0.277 e. The summed E-state index contributed by atoms with van der Waals surface area (Å²) < 4.78 is 0. The van der Waals surface area contributed by atoms with Gasteiger partial charge in [0, 0.05) is 7.05 Å². The number of nitrogens with zero attached hydrogens (tertiary/aromatic N) is 2. The monoisotopic (exact) mass is 410 g/mol. The zero-order valence-corrected chi connectivity index (χ0v) is 17.0. The molecular formula is C25H18N2O4. The fourth-order valence-electron chi connectivity index (χ4n) is 4.08. The molecule has 0 N–H and O–H groups in total. The van der Waals surface area contributed by atoms with Gasteiger partial charge < -0.3 is 0 Å². The number of anilines is 1. The summed E-state index contributed by atoms with van der Waals surface area (Å²) >= 11 is 0. The molecule has 0 aromatic heterocycles. The third-order valence-electron chi connectivity index (χ3n) is 5.81. The predicted octanol–water partition coefficient (Wildman–Crippen LogP) is 3.61. The number of rotatable bonds is 3. The molecule has 4 amide bonds. The first kappa shape index (κ1) is 18.9. The van der Waals surface area contributed by atoms with Crippen molar-refractivity contribution < 1.29 is 19.2 Å². The minimum absolute atomic E-state index is 0.301. The van der Waals surface area contributed by atoms with E-state index in [1.807, 2.05) is 31.2 Å². The lowest BCUT2D eigenvalue weighted by Crippen LogP contribution is -2.29. The van der Waals surface area contributed by atoms with Crippen LogP contribution in [0.4, 0.5) is 5.69 Å². The number of fused-ring (bicyclic) bond motifs is 2. The van der Waals surface area contributed by atoms with Crippen molar-refractivity contribution in [2.24, 2.45) is 0 Å². The summed E-state index contributed by atoms with van der Waals surface area (Å²) in [6.07, 6.45) is 0.470. The molecule has 0 saturated heterocycles. The maximum Gasteiger partial charge on any atom is 0.266 e. The highest BCUT2D eigenvalue weighted by Crippen LogP contribution is 2.30. The molecule has 0 fully saturated rings. The van der Waals surface area contributed by atoms with Gasteiger partial charge in [0.15, 0.2) is 0 Å². The molecule has 5 rings (SSSR count). The van der Waals surface area contributed by atoms with E-state index in [4.69, 9.17) is 0 Å². The van der Waals surface area contributed by atoms with Crippen LogP contribution < -0.4 is 4.90 Å². The molecule has 0 saturated carbocycles. The van der Waals surface area contributed by atoms with Crippen LogP contribution in [0.2, 0.25) is 0 Å². The van der Waals surface area contributed by atoms with Gasteiger partial charge in [-0.2, -0.15) is 0 Å². The summed E-state index contributed by atoms with van der Waals surface area (Å²) in [6.45, 7) is 1.94. The molecule has 2 aliphatic heterocycles. The summed E-state index contributed by atoms with van der Waals surface area (Å²) in [5.74, 6) is -1.29. The highest BCUT2D eigenvalue weighted by Gasteiger charge is 2.37. The number of benzene rings is 3. The van der Waals surface area contributed by atoms with E-state index in [1.54, 1.807) is 36.4 Å². The first-order valence-electron chi connectivity index (χ1n) is 9.89. The molecule has 3 aromatic rings. The van der Waals surface area contributed by atoms with Crippen molar-refractivity contribution in [3.8, 4) is 0 Å². The van der Waals surface area contributed by atoms with Crippen LogP contribution in [-0.2, 0) is 6.42 Å². The normalized spacial score (nSPS) is 15.0. The number of hydrogen-bond acceptors (Lipinski definition) is 4. The summed E-state index contributed by atoms with van der Waals surface area (Å²) in [5, 5.41) is 0. The van der Waals surface area contributed by atoms with Crippen LogP contribution in [-0.4, -0.2) is 35.6 Å². The molecule has 31 heavy (non-hydrogen) atoms. The van der Waals surface area contributed by atoms with Gasteiger partial charge in [-0.3, -0.25) is 24.1 Å². The van der Waals surface area contributed by atoms with Crippen LogP contribution in [0.5, 0.6) is 0 Å². The summed E-state index contributed by atoms with van der Waals surface area (Å²) in [7, 11) is 1.47. The first-order valence-corrected chi connectivity index (χ1v) is 9.89. The van der Waals surface area contributed by atoms with Crippen molar-refractivity contribution in [1.29, 1.82) is 0 Å². The topological polar surface area (TPSA) is 74.8 Å². The van der Waals surface area contributed by atoms with Crippen molar-refractivity contribution in [3.63, 3.8) is 0 Å². The quantitative estimate of drug-likeness (QED) is 0.618. The van der Waals surface area contributed by atoms with Crippen molar-refractivity contribution in [3.05, 3.63) is 99.6 Å². The second-order valence-corrected chi connectivity index (χ2v) is 7.89. The molecule has 3 aromatic carbocycles. The lowest BCUT2D eigenvalue weighted by molar-refractivity contribution is 0.0692.